The summed E-state index contributed by atoms with van der Waals surface area (Å²) in [4.78, 5) is 53.5. The van der Waals surface area contributed by atoms with Gasteiger partial charge < -0.3 is 18.9 Å². The average molecular weight is 999 g/mol. The molecule has 0 heterocycles. The van der Waals surface area contributed by atoms with Crippen LogP contribution in [0.15, 0.2) is 121 Å². The molecule has 0 aliphatic carbocycles. The van der Waals surface area contributed by atoms with Gasteiger partial charge in [0, 0.05) is 22.0 Å². The fourth-order valence-electron chi connectivity index (χ4n) is 9.96. The van der Waals surface area contributed by atoms with E-state index in [1.807, 2.05) is 71.0 Å². The van der Waals surface area contributed by atoms with Crippen LogP contribution < -0.4 is 18.9 Å². The van der Waals surface area contributed by atoms with E-state index in [1.165, 1.54) is 6.92 Å². The first kappa shape index (κ1) is 56.5. The van der Waals surface area contributed by atoms with Gasteiger partial charge in [0.15, 0.2) is 11.6 Å². The van der Waals surface area contributed by atoms with Gasteiger partial charge in [-0.05, 0) is 174 Å². The largest absolute Gasteiger partial charge is 0.488 e. The van der Waals surface area contributed by atoms with Gasteiger partial charge in [0.2, 0.25) is 0 Å². The van der Waals surface area contributed by atoms with Crippen molar-refractivity contribution in [2.24, 2.45) is 5.41 Å². The molecule has 2 unspecified atom stereocenters. The Morgan fingerprint density at radius 1 is 0.432 bits per heavy atom. The minimum Gasteiger partial charge on any atom is -0.488 e. The third kappa shape index (κ3) is 11.8. The molecule has 0 amide bonds. The van der Waals surface area contributed by atoms with Gasteiger partial charge in [0.1, 0.15) is 34.2 Å². The Bertz CT molecular complexity index is 3050. The van der Waals surface area contributed by atoms with Gasteiger partial charge in [-0.3, -0.25) is 9.59 Å². The number of hydrogen-bond donors (Lipinski definition) is 0. The van der Waals surface area contributed by atoms with Gasteiger partial charge in [0.25, 0.3) is 0 Å². The van der Waals surface area contributed by atoms with Crippen LogP contribution in [-0.4, -0.2) is 34.7 Å². The van der Waals surface area contributed by atoms with Gasteiger partial charge >= 0.3 is 11.9 Å². The average Bonchev–Trinajstić information content (AvgIpc) is 3.37. The van der Waals surface area contributed by atoms with Crippen LogP contribution in [0, 0.1) is 33.1 Å². The molecular weight excluding hydrogens is 921 g/mol. The second-order valence-electron chi connectivity index (χ2n) is 22.1. The van der Waals surface area contributed by atoms with Crippen molar-refractivity contribution in [3.63, 3.8) is 0 Å². The standard InChI is InChI=1S/C66H78O8/c1-17-36-66(20-4,74-58-35-31-54(40-45(58)8)64(14,15)52-29-33-56(43(6)38-52)72-61(70)50-23-21-22-49(41-50)46(9)67)65(16,19-3)59(68)47-24-26-48(27-25-47)60(69)71-55-32-28-51(37-42(55)5)63(12,13)53-30-34-57(44(7)39-53)73-62(10,11)18-2/h21-35,37-41H,17-20,36H2,1-16H3. The highest BCUT2D eigenvalue weighted by atomic mass is 16.5. The third-order valence-corrected chi connectivity index (χ3v) is 15.9. The van der Waals surface area contributed by atoms with Gasteiger partial charge in [-0.25, -0.2) is 9.59 Å². The van der Waals surface area contributed by atoms with Crippen molar-refractivity contribution in [2.75, 3.05) is 0 Å². The van der Waals surface area contributed by atoms with Crippen molar-refractivity contribution in [3.05, 3.63) is 188 Å². The summed E-state index contributed by atoms with van der Waals surface area (Å²) in [5.74, 6) is 1.34. The lowest BCUT2D eigenvalue weighted by atomic mass is 9.63. The molecule has 0 radical (unpaired) electrons. The Hall–Kier alpha value is -6.80. The zero-order valence-electron chi connectivity index (χ0n) is 46.8. The maximum Gasteiger partial charge on any atom is 0.343 e. The normalized spacial score (nSPS) is 13.6. The van der Waals surface area contributed by atoms with E-state index < -0.39 is 28.4 Å². The first-order chi connectivity index (χ1) is 34.8. The number of Topliss-reactive ketones (excluding diaryl/α,β-unsaturated/α-hetero) is 2. The lowest BCUT2D eigenvalue weighted by Crippen LogP contribution is -2.55. The van der Waals surface area contributed by atoms with Crippen molar-refractivity contribution < 1.29 is 38.1 Å². The molecule has 390 valence electrons. The molecule has 0 fully saturated rings. The minimum absolute atomic E-state index is 0.0455. The Morgan fingerprint density at radius 3 is 1.23 bits per heavy atom. The molecule has 0 bridgehead atoms. The summed E-state index contributed by atoms with van der Waals surface area (Å²) in [6.07, 6.45) is 3.49. The number of carbonyl (C=O) groups excluding carboxylic acids is 4. The summed E-state index contributed by atoms with van der Waals surface area (Å²) in [7, 11) is 0. The molecule has 0 aliphatic heterocycles. The van der Waals surface area contributed by atoms with Gasteiger partial charge in [0.05, 0.1) is 16.5 Å². The second-order valence-corrected chi connectivity index (χ2v) is 22.1. The van der Waals surface area contributed by atoms with E-state index >= 15 is 0 Å². The third-order valence-electron chi connectivity index (χ3n) is 15.9. The van der Waals surface area contributed by atoms with Crippen LogP contribution in [0.1, 0.15) is 201 Å². The highest BCUT2D eigenvalue weighted by molar-refractivity contribution is 6.02. The highest BCUT2D eigenvalue weighted by Gasteiger charge is 2.52. The van der Waals surface area contributed by atoms with Crippen LogP contribution >= 0.6 is 0 Å². The van der Waals surface area contributed by atoms with Gasteiger partial charge in [-0.1, -0.05) is 135 Å². The van der Waals surface area contributed by atoms with E-state index in [4.69, 9.17) is 18.9 Å². The smallest absolute Gasteiger partial charge is 0.343 e. The Balaban J connectivity index is 1.16. The van der Waals surface area contributed by atoms with Crippen LogP contribution in [0.3, 0.4) is 0 Å². The van der Waals surface area contributed by atoms with Crippen molar-refractivity contribution in [1.82, 2.24) is 0 Å². The molecule has 0 aliphatic rings. The summed E-state index contributed by atoms with van der Waals surface area (Å²) < 4.78 is 25.3. The molecule has 0 saturated carbocycles. The lowest BCUT2D eigenvalue weighted by molar-refractivity contribution is -0.0484. The molecule has 0 aromatic heterocycles. The molecule has 8 nitrogen and oxygen atoms in total. The number of ketones is 2. The molecule has 0 spiro atoms. The van der Waals surface area contributed by atoms with Crippen LogP contribution in [-0.2, 0) is 10.8 Å². The summed E-state index contributed by atoms with van der Waals surface area (Å²) in [6.45, 7) is 32.8. The first-order valence-electron chi connectivity index (χ1n) is 26.3. The van der Waals surface area contributed by atoms with E-state index in [0.717, 1.165) is 68.8 Å². The van der Waals surface area contributed by atoms with Crippen LogP contribution in [0.25, 0.3) is 0 Å². The number of rotatable bonds is 21. The first-order valence-corrected chi connectivity index (χ1v) is 26.3. The molecule has 6 rings (SSSR count). The summed E-state index contributed by atoms with van der Waals surface area (Å²) in [6, 6.07) is 37.8. The zero-order chi connectivity index (χ0) is 54.6. The number of esters is 2. The summed E-state index contributed by atoms with van der Waals surface area (Å²) in [5.41, 5.74) is 6.90. The van der Waals surface area contributed by atoms with E-state index in [9.17, 15) is 19.2 Å². The Labute approximate surface area is 441 Å². The van der Waals surface area contributed by atoms with Crippen LogP contribution in [0.5, 0.6) is 23.0 Å². The number of aryl methyl sites for hydroxylation is 4. The van der Waals surface area contributed by atoms with Crippen LogP contribution in [0.2, 0.25) is 0 Å². The number of benzene rings is 6. The molecule has 0 saturated heterocycles. The molecule has 74 heavy (non-hydrogen) atoms. The number of carbonyl (C=O) groups is 4. The Kier molecular flexibility index (Phi) is 17.1. The fraction of sp³-hybridized carbons (Fsp3) is 0.394. The predicted octanol–water partition coefficient (Wildman–Crippen LogP) is 16.4. The quantitative estimate of drug-likeness (QED) is 0.0399. The maximum atomic E-state index is 14.9. The van der Waals surface area contributed by atoms with Gasteiger partial charge in [-0.15, -0.1) is 0 Å². The van der Waals surface area contributed by atoms with Crippen molar-refractivity contribution >= 4 is 23.5 Å². The molecule has 8 heteroatoms. The van der Waals surface area contributed by atoms with Gasteiger partial charge in [-0.2, -0.15) is 0 Å². The topological polar surface area (TPSA) is 105 Å². The maximum absolute atomic E-state index is 14.9. The van der Waals surface area contributed by atoms with Crippen molar-refractivity contribution in [2.45, 2.75) is 165 Å². The zero-order valence-corrected chi connectivity index (χ0v) is 46.8. The monoisotopic (exact) mass is 999 g/mol. The molecular formula is C66H78O8. The summed E-state index contributed by atoms with van der Waals surface area (Å²) in [5, 5.41) is 0. The fourth-order valence-corrected chi connectivity index (χ4v) is 9.96. The molecule has 0 N–H and O–H groups in total. The van der Waals surface area contributed by atoms with Crippen molar-refractivity contribution in [1.29, 1.82) is 0 Å². The second kappa shape index (κ2) is 22.4. The highest BCUT2D eigenvalue weighted by Crippen LogP contribution is 2.48. The van der Waals surface area contributed by atoms with Crippen molar-refractivity contribution in [3.8, 4) is 23.0 Å². The van der Waals surface area contributed by atoms with E-state index in [0.29, 0.717) is 53.0 Å². The molecule has 2 atom stereocenters. The predicted molar refractivity (Wildman–Crippen MR) is 298 cm³/mol. The van der Waals surface area contributed by atoms with E-state index in [2.05, 4.69) is 106 Å². The molecule has 6 aromatic carbocycles. The summed E-state index contributed by atoms with van der Waals surface area (Å²) >= 11 is 0. The van der Waals surface area contributed by atoms with Crippen LogP contribution in [0.4, 0.5) is 0 Å². The van der Waals surface area contributed by atoms with E-state index in [-0.39, 0.29) is 22.6 Å². The van der Waals surface area contributed by atoms with E-state index in [1.54, 1.807) is 48.5 Å². The Morgan fingerprint density at radius 2 is 0.838 bits per heavy atom. The molecule has 6 aromatic rings. The number of ether oxygens (including phenoxy) is 4. The minimum atomic E-state index is -0.920. The lowest BCUT2D eigenvalue weighted by Gasteiger charge is -2.47. The number of hydrogen-bond acceptors (Lipinski definition) is 8. The SMILES string of the molecule is CCCC(CC)(Oc1ccc(C(C)(C)c2ccc(OC(=O)c3cccc(C(C)=O)c3)c(C)c2)cc1C)C(C)(CC)C(=O)c1ccc(C(=O)Oc2ccc(C(C)(C)c3ccc(OC(C)(C)CC)c(C)c3)cc2C)cc1.